The molecule has 1 aromatic carbocycles. The number of carbonyl (C=O) groups excluding carboxylic acids is 1. The van der Waals surface area contributed by atoms with E-state index in [2.05, 4.69) is 4.74 Å². The minimum atomic E-state index is -0.821. The second kappa shape index (κ2) is 5.46. The van der Waals surface area contributed by atoms with Gasteiger partial charge in [-0.15, -0.1) is 0 Å². The summed E-state index contributed by atoms with van der Waals surface area (Å²) in [5, 5.41) is 8.86. The van der Waals surface area contributed by atoms with Crippen molar-refractivity contribution in [2.75, 3.05) is 7.11 Å². The van der Waals surface area contributed by atoms with E-state index in [1.807, 2.05) is 0 Å². The van der Waals surface area contributed by atoms with Gasteiger partial charge in [0.1, 0.15) is 11.6 Å². The number of halogens is 1. The zero-order valence-electron chi connectivity index (χ0n) is 9.07. The average Bonchev–Trinajstić information content (AvgIpc) is 2.26. The molecule has 0 amide bonds. The Morgan fingerprint density at radius 3 is 2.75 bits per heavy atom. The van der Waals surface area contributed by atoms with Crippen LogP contribution >= 0.6 is 0 Å². The predicted molar refractivity (Wildman–Crippen MR) is 54.4 cm³/mol. The molecule has 0 saturated heterocycles. The maximum Gasteiger partial charge on any atom is 0.346 e. The molecule has 0 spiro atoms. The van der Waals surface area contributed by atoms with Gasteiger partial charge in [0.05, 0.1) is 13.7 Å². The molecular formula is C11H13FO4. The van der Waals surface area contributed by atoms with E-state index >= 15 is 0 Å². The second-order valence-corrected chi connectivity index (χ2v) is 3.24. The Bertz CT molecular complexity index is 378. The molecule has 4 nitrogen and oxygen atoms in total. The van der Waals surface area contributed by atoms with Crippen molar-refractivity contribution in [3.05, 3.63) is 29.6 Å². The van der Waals surface area contributed by atoms with Crippen LogP contribution in [0.2, 0.25) is 0 Å². The summed E-state index contributed by atoms with van der Waals surface area (Å²) in [5.74, 6) is -0.893. The second-order valence-electron chi connectivity index (χ2n) is 3.24. The number of aliphatic hydroxyl groups is 1. The van der Waals surface area contributed by atoms with Crippen LogP contribution in [0.3, 0.4) is 0 Å². The van der Waals surface area contributed by atoms with E-state index < -0.39 is 17.9 Å². The smallest absolute Gasteiger partial charge is 0.346 e. The number of benzene rings is 1. The van der Waals surface area contributed by atoms with Crippen molar-refractivity contribution in [2.24, 2.45) is 0 Å². The van der Waals surface area contributed by atoms with Crippen LogP contribution in [-0.4, -0.2) is 24.3 Å². The lowest BCUT2D eigenvalue weighted by Crippen LogP contribution is -2.24. The zero-order chi connectivity index (χ0) is 12.1. The van der Waals surface area contributed by atoms with Crippen LogP contribution in [0.4, 0.5) is 4.39 Å². The number of aliphatic hydroxyl groups excluding tert-OH is 1. The molecule has 0 saturated carbocycles. The van der Waals surface area contributed by atoms with Crippen molar-refractivity contribution in [1.82, 2.24) is 0 Å². The number of hydrogen-bond donors (Lipinski definition) is 1. The Labute approximate surface area is 92.6 Å². The lowest BCUT2D eigenvalue weighted by atomic mass is 10.2. The third kappa shape index (κ3) is 3.20. The highest BCUT2D eigenvalue weighted by Gasteiger charge is 2.15. The monoisotopic (exact) mass is 228 g/mol. The third-order valence-corrected chi connectivity index (χ3v) is 1.96. The van der Waals surface area contributed by atoms with Crippen molar-refractivity contribution in [3.63, 3.8) is 0 Å². The summed E-state index contributed by atoms with van der Waals surface area (Å²) in [4.78, 5) is 11.1. The van der Waals surface area contributed by atoms with Gasteiger partial charge < -0.3 is 14.6 Å². The maximum absolute atomic E-state index is 13.0. The van der Waals surface area contributed by atoms with Crippen molar-refractivity contribution < 1.29 is 23.8 Å². The number of methoxy groups -OCH3 is 1. The molecule has 0 heterocycles. The summed E-state index contributed by atoms with van der Waals surface area (Å²) in [5.41, 5.74) is 0.382. The quantitative estimate of drug-likeness (QED) is 0.788. The number of carbonyl (C=O) groups is 1. The fraction of sp³-hybridized carbons (Fsp3) is 0.364. The molecule has 88 valence electrons. The molecule has 1 atom stereocenters. The van der Waals surface area contributed by atoms with Crippen molar-refractivity contribution in [3.8, 4) is 5.75 Å². The SMILES string of the molecule is COC(=O)C(C)Oc1cc(F)cc(CO)c1. The van der Waals surface area contributed by atoms with Gasteiger partial charge in [-0.2, -0.15) is 0 Å². The molecular weight excluding hydrogens is 215 g/mol. The van der Waals surface area contributed by atoms with Crippen molar-refractivity contribution >= 4 is 5.97 Å². The third-order valence-electron chi connectivity index (χ3n) is 1.96. The van der Waals surface area contributed by atoms with Crippen LogP contribution in [-0.2, 0) is 16.1 Å². The van der Waals surface area contributed by atoms with Gasteiger partial charge >= 0.3 is 5.97 Å². The molecule has 1 unspecified atom stereocenters. The first-order chi connectivity index (χ1) is 7.56. The van der Waals surface area contributed by atoms with Gasteiger partial charge in [-0.05, 0) is 24.6 Å². The summed E-state index contributed by atoms with van der Waals surface area (Å²) >= 11 is 0. The van der Waals surface area contributed by atoms with Gasteiger partial charge in [-0.25, -0.2) is 9.18 Å². The average molecular weight is 228 g/mol. The van der Waals surface area contributed by atoms with Crippen LogP contribution in [0.5, 0.6) is 5.75 Å². The molecule has 0 aliphatic heterocycles. The molecule has 0 bridgehead atoms. The lowest BCUT2D eigenvalue weighted by molar-refractivity contribution is -0.147. The summed E-state index contributed by atoms with van der Waals surface area (Å²) in [6.07, 6.45) is -0.821. The van der Waals surface area contributed by atoms with Gasteiger partial charge in [-0.3, -0.25) is 0 Å². The zero-order valence-corrected chi connectivity index (χ0v) is 9.07. The van der Waals surface area contributed by atoms with Gasteiger partial charge in [-0.1, -0.05) is 0 Å². The molecule has 1 aromatic rings. The first-order valence-corrected chi connectivity index (χ1v) is 4.71. The molecule has 0 fully saturated rings. The van der Waals surface area contributed by atoms with Crippen LogP contribution < -0.4 is 4.74 Å². The molecule has 1 rings (SSSR count). The number of esters is 1. The Hall–Kier alpha value is -1.62. The molecule has 16 heavy (non-hydrogen) atoms. The van der Waals surface area contributed by atoms with Crippen LogP contribution in [0, 0.1) is 5.82 Å². The Morgan fingerprint density at radius 2 is 2.19 bits per heavy atom. The molecule has 0 aliphatic carbocycles. The van der Waals surface area contributed by atoms with E-state index in [1.165, 1.54) is 26.2 Å². The fourth-order valence-corrected chi connectivity index (χ4v) is 1.20. The minimum absolute atomic E-state index is 0.182. The van der Waals surface area contributed by atoms with E-state index in [0.29, 0.717) is 5.56 Å². The Morgan fingerprint density at radius 1 is 1.50 bits per heavy atom. The van der Waals surface area contributed by atoms with Crippen LogP contribution in [0.15, 0.2) is 18.2 Å². The highest BCUT2D eigenvalue weighted by molar-refractivity contribution is 5.74. The molecule has 5 heteroatoms. The van der Waals surface area contributed by atoms with Gasteiger partial charge in [0.2, 0.25) is 0 Å². The number of ether oxygens (including phenoxy) is 2. The maximum atomic E-state index is 13.0. The lowest BCUT2D eigenvalue weighted by Gasteiger charge is -2.13. The van der Waals surface area contributed by atoms with Gasteiger partial charge in [0.25, 0.3) is 0 Å². The fourth-order valence-electron chi connectivity index (χ4n) is 1.20. The molecule has 0 aromatic heterocycles. The van der Waals surface area contributed by atoms with E-state index in [0.717, 1.165) is 6.07 Å². The van der Waals surface area contributed by atoms with Gasteiger partial charge in [0.15, 0.2) is 6.10 Å². The van der Waals surface area contributed by atoms with Crippen LogP contribution in [0.1, 0.15) is 12.5 Å². The van der Waals surface area contributed by atoms with E-state index in [-0.39, 0.29) is 12.4 Å². The van der Waals surface area contributed by atoms with E-state index in [4.69, 9.17) is 9.84 Å². The Balaban J connectivity index is 2.80. The number of rotatable bonds is 4. The molecule has 1 N–H and O–H groups in total. The largest absolute Gasteiger partial charge is 0.479 e. The molecule has 0 radical (unpaired) electrons. The number of hydrogen-bond acceptors (Lipinski definition) is 4. The molecule has 0 aliphatic rings. The van der Waals surface area contributed by atoms with E-state index in [1.54, 1.807) is 0 Å². The summed E-state index contributed by atoms with van der Waals surface area (Å²) < 4.78 is 22.7. The summed E-state index contributed by atoms with van der Waals surface area (Å²) in [7, 11) is 1.24. The summed E-state index contributed by atoms with van der Waals surface area (Å²) in [6, 6.07) is 3.79. The van der Waals surface area contributed by atoms with Crippen LogP contribution in [0.25, 0.3) is 0 Å². The van der Waals surface area contributed by atoms with Crippen molar-refractivity contribution in [1.29, 1.82) is 0 Å². The highest BCUT2D eigenvalue weighted by atomic mass is 19.1. The van der Waals surface area contributed by atoms with E-state index in [9.17, 15) is 9.18 Å². The predicted octanol–water partition coefficient (Wildman–Crippen LogP) is 1.26. The topological polar surface area (TPSA) is 55.8 Å². The van der Waals surface area contributed by atoms with Crippen molar-refractivity contribution in [2.45, 2.75) is 19.6 Å². The summed E-state index contributed by atoms with van der Waals surface area (Å²) in [6.45, 7) is 1.20. The first-order valence-electron chi connectivity index (χ1n) is 4.71. The first kappa shape index (κ1) is 12.4. The van der Waals surface area contributed by atoms with Gasteiger partial charge in [0, 0.05) is 6.07 Å². The standard InChI is InChI=1S/C11H13FO4/c1-7(11(14)15-2)16-10-4-8(6-13)3-9(12)5-10/h3-5,7,13H,6H2,1-2H3. The normalized spacial score (nSPS) is 12.0. The Kier molecular flexibility index (Phi) is 4.25. The highest BCUT2D eigenvalue weighted by Crippen LogP contribution is 2.18. The minimum Gasteiger partial charge on any atom is -0.479 e.